The van der Waals surface area contributed by atoms with Crippen LogP contribution in [0.25, 0.3) is 15.1 Å². The first-order chi connectivity index (χ1) is 10.1. The summed E-state index contributed by atoms with van der Waals surface area (Å²) in [5.74, 6) is 1.10. The minimum atomic E-state index is -0.125. The number of thiazole rings is 1. The van der Waals surface area contributed by atoms with Crippen LogP contribution in [0.2, 0.25) is 0 Å². The van der Waals surface area contributed by atoms with Gasteiger partial charge in [0, 0.05) is 30.9 Å². The molecule has 0 saturated carbocycles. The molecule has 1 aliphatic heterocycles. The Morgan fingerprint density at radius 2 is 2.09 bits per heavy atom. The first kappa shape index (κ1) is 19.1. The third kappa shape index (κ3) is 5.69. The average molecular weight is 511 g/mol. The Morgan fingerprint density at radius 1 is 1.36 bits per heavy atom. The normalized spacial score (nSPS) is 13.9. The zero-order valence-corrected chi connectivity index (χ0v) is 16.3. The maximum atomic E-state index is 10.0. The fourth-order valence-corrected chi connectivity index (χ4v) is 3.73. The number of hydrogen-bond acceptors (Lipinski definition) is 5. The Hall–Kier alpha value is -0.941. The zero-order valence-electron chi connectivity index (χ0n) is 12.3. The summed E-state index contributed by atoms with van der Waals surface area (Å²) in [7, 11) is 0. The summed E-state index contributed by atoms with van der Waals surface area (Å²) in [5, 5.41) is 9.50. The summed E-state index contributed by atoms with van der Waals surface area (Å²) in [4.78, 5) is 15.9. The molecular weight excluding hydrogens is 495 g/mol. The number of hydrogen-bond donors (Lipinski definition) is 1. The molecule has 1 aliphatic rings. The second kappa shape index (κ2) is 9.26. The van der Waals surface area contributed by atoms with Gasteiger partial charge in [-0.3, -0.25) is 10.9 Å². The Balaban J connectivity index is 0.000000264. The van der Waals surface area contributed by atoms with Crippen LogP contribution in [0.5, 0.6) is 0 Å². The van der Waals surface area contributed by atoms with Crippen molar-refractivity contribution in [2.24, 2.45) is 0 Å². The van der Waals surface area contributed by atoms with Crippen LogP contribution in [0.3, 0.4) is 0 Å². The molecule has 1 N–H and O–H groups in total. The van der Waals surface area contributed by atoms with E-state index in [1.165, 1.54) is 29.5 Å². The summed E-state index contributed by atoms with van der Waals surface area (Å²) in [5.41, 5.74) is 1.11. The van der Waals surface area contributed by atoms with Crippen molar-refractivity contribution in [3.63, 3.8) is 0 Å². The van der Waals surface area contributed by atoms with E-state index in [0.717, 1.165) is 22.7 Å². The molecule has 2 aromatic rings. The predicted molar refractivity (Wildman–Crippen MR) is 90.4 cm³/mol. The van der Waals surface area contributed by atoms with Crippen molar-refractivity contribution in [1.29, 1.82) is 0 Å². The first-order valence-corrected chi connectivity index (χ1v) is 8.34. The van der Waals surface area contributed by atoms with E-state index >= 15 is 0 Å². The van der Waals surface area contributed by atoms with Gasteiger partial charge in [0.15, 0.2) is 5.78 Å². The molecule has 119 valence electrons. The largest absolute Gasteiger partial charge is 0.512 e. The maximum absolute atomic E-state index is 10.0. The summed E-state index contributed by atoms with van der Waals surface area (Å²) in [6.07, 6.45) is 5.59. The molecule has 2 heterocycles. The van der Waals surface area contributed by atoms with E-state index in [1.807, 2.05) is 17.8 Å². The number of para-hydroxylation sites is 1. The number of aromatic nitrogens is 1. The predicted octanol–water partition coefficient (Wildman–Crippen LogP) is 4.61. The monoisotopic (exact) mass is 511 g/mol. The minimum Gasteiger partial charge on any atom is -0.512 e. The number of ketones is 1. The number of fused-ring (bicyclic) bond motifs is 1. The van der Waals surface area contributed by atoms with Gasteiger partial charge in [-0.1, -0.05) is 12.1 Å². The maximum Gasteiger partial charge on any atom is 0.155 e. The smallest absolute Gasteiger partial charge is 0.155 e. The van der Waals surface area contributed by atoms with Crippen LogP contribution < -0.4 is 0 Å². The number of aliphatic hydroxyl groups is 1. The molecular formula is C16H16IrNO2S2-. The van der Waals surface area contributed by atoms with Gasteiger partial charge in [0.2, 0.25) is 0 Å². The summed E-state index contributed by atoms with van der Waals surface area (Å²) in [6.45, 7) is 2.85. The molecule has 0 amide bonds. The molecule has 0 fully saturated rings. The van der Waals surface area contributed by atoms with E-state index in [-0.39, 0.29) is 31.6 Å². The Morgan fingerprint density at radius 3 is 2.59 bits per heavy atom. The topological polar surface area (TPSA) is 50.2 Å². The van der Waals surface area contributed by atoms with Crippen LogP contribution in [0.15, 0.2) is 36.1 Å². The third-order valence-electron chi connectivity index (χ3n) is 2.53. The molecule has 1 radical (unpaired) electrons. The number of carbonyl (C=O) groups excluding carboxylic acids is 1. The zero-order chi connectivity index (χ0) is 15.2. The van der Waals surface area contributed by atoms with Crippen molar-refractivity contribution in [2.45, 2.75) is 20.3 Å². The van der Waals surface area contributed by atoms with Crippen LogP contribution in [0, 0.1) is 6.08 Å². The molecule has 1 aromatic heterocycles. The van der Waals surface area contributed by atoms with Gasteiger partial charge in [-0.15, -0.1) is 11.3 Å². The molecule has 0 aliphatic carbocycles. The second-order valence-corrected chi connectivity index (χ2v) is 6.62. The van der Waals surface area contributed by atoms with Gasteiger partial charge in [0.1, 0.15) is 0 Å². The van der Waals surface area contributed by atoms with E-state index in [2.05, 4.69) is 29.3 Å². The van der Waals surface area contributed by atoms with Crippen LogP contribution in [-0.4, -0.2) is 21.6 Å². The van der Waals surface area contributed by atoms with Gasteiger partial charge >= 0.3 is 0 Å². The van der Waals surface area contributed by atoms with Crippen molar-refractivity contribution >= 4 is 44.0 Å². The fraction of sp³-hybridized carbons (Fsp3) is 0.250. The van der Waals surface area contributed by atoms with Gasteiger partial charge < -0.3 is 10.1 Å². The van der Waals surface area contributed by atoms with Crippen molar-refractivity contribution in [3.05, 3.63) is 47.2 Å². The second-order valence-electron chi connectivity index (χ2n) is 4.49. The molecule has 1 aromatic carbocycles. The van der Waals surface area contributed by atoms with E-state index in [0.29, 0.717) is 0 Å². The average Bonchev–Trinajstić information content (AvgIpc) is 3.07. The molecule has 0 bridgehead atoms. The minimum absolute atomic E-state index is 0. The molecule has 0 unspecified atom stereocenters. The van der Waals surface area contributed by atoms with E-state index in [4.69, 9.17) is 5.11 Å². The number of carbonyl (C=O) groups is 1. The first-order valence-electron chi connectivity index (χ1n) is 6.53. The van der Waals surface area contributed by atoms with E-state index < -0.39 is 0 Å². The van der Waals surface area contributed by atoms with E-state index in [1.54, 1.807) is 11.3 Å². The molecule has 6 heteroatoms. The standard InChI is InChI=1S/C11H8NS2.C5H8O2.Ir/c1-2-5-9-8(4-1)12-11(14-9)10-6-3-7-13-10;1-4(6)3-5(2)7;/h1-2,4-5H,3,7H2;3,6H,1-2H3;/q-1;;/b;4-3-;. The van der Waals surface area contributed by atoms with Crippen molar-refractivity contribution < 1.29 is 30.0 Å². The number of benzene rings is 1. The molecule has 3 rings (SSSR count). The van der Waals surface area contributed by atoms with Gasteiger partial charge in [-0.05, 0) is 36.7 Å². The molecule has 22 heavy (non-hydrogen) atoms. The van der Waals surface area contributed by atoms with E-state index in [9.17, 15) is 4.79 Å². The van der Waals surface area contributed by atoms with Crippen LogP contribution in [0.4, 0.5) is 0 Å². The van der Waals surface area contributed by atoms with Crippen molar-refractivity contribution in [1.82, 2.24) is 4.98 Å². The Bertz CT molecular complexity index is 670. The quantitative estimate of drug-likeness (QED) is 0.364. The number of allylic oxidation sites excluding steroid dienone is 3. The van der Waals surface area contributed by atoms with Gasteiger partial charge in [0.05, 0.1) is 11.3 Å². The van der Waals surface area contributed by atoms with Crippen LogP contribution >= 0.6 is 23.1 Å². The molecule has 3 nitrogen and oxygen atoms in total. The summed E-state index contributed by atoms with van der Waals surface area (Å²) >= 11 is 3.63. The van der Waals surface area contributed by atoms with Gasteiger partial charge in [-0.25, -0.2) is 11.3 Å². The number of thioether (sulfide) groups is 1. The number of nitrogens with zero attached hydrogens (tertiary/aromatic N) is 1. The van der Waals surface area contributed by atoms with Gasteiger partial charge in [0.25, 0.3) is 0 Å². The van der Waals surface area contributed by atoms with Gasteiger partial charge in [-0.2, -0.15) is 11.8 Å². The van der Waals surface area contributed by atoms with Crippen LogP contribution in [-0.2, 0) is 24.9 Å². The Labute approximate surface area is 151 Å². The molecule has 0 saturated heterocycles. The SMILES string of the molecule is CC(=O)/C=C(/C)O.[C-]1=C(c2nc3ccccc3s2)SCC1.[Ir]. The van der Waals surface area contributed by atoms with Crippen LogP contribution in [0.1, 0.15) is 25.3 Å². The van der Waals surface area contributed by atoms with Crippen molar-refractivity contribution in [2.75, 3.05) is 5.75 Å². The van der Waals surface area contributed by atoms with Crippen molar-refractivity contribution in [3.8, 4) is 0 Å². The number of rotatable bonds is 2. The Kier molecular flexibility index (Phi) is 8.04. The molecule has 0 spiro atoms. The molecule has 0 atom stereocenters. The summed E-state index contributed by atoms with van der Waals surface area (Å²) in [6, 6.07) is 8.28. The fourth-order valence-electron chi connectivity index (χ4n) is 1.77. The third-order valence-corrected chi connectivity index (χ3v) is 4.75. The number of aliphatic hydroxyl groups excluding tert-OH is 1. The summed E-state index contributed by atoms with van der Waals surface area (Å²) < 4.78 is 1.27.